The van der Waals surface area contributed by atoms with E-state index in [0.717, 1.165) is 6.07 Å². The lowest BCUT2D eigenvalue weighted by Crippen LogP contribution is -2.30. The molecule has 0 amide bonds. The molecule has 6 heteroatoms. The average molecular weight is 214 g/mol. The molecule has 0 spiro atoms. The summed E-state index contributed by atoms with van der Waals surface area (Å²) in [6.07, 6.45) is -4.07. The molecule has 0 aromatic heterocycles. The molecule has 3 nitrogen and oxygen atoms in total. The van der Waals surface area contributed by atoms with Crippen LogP contribution in [0.4, 0.5) is 13.2 Å². The third-order valence-corrected chi connectivity index (χ3v) is 2.12. The first-order chi connectivity index (χ1) is 6.99. The second kappa shape index (κ2) is 2.88. The molecule has 1 aliphatic rings. The van der Waals surface area contributed by atoms with Gasteiger partial charge in [0, 0.05) is 11.1 Å². The number of rotatable bonds is 2. The van der Waals surface area contributed by atoms with Gasteiger partial charge in [0.2, 0.25) is 0 Å². The van der Waals surface area contributed by atoms with Crippen molar-refractivity contribution in [1.29, 1.82) is 0 Å². The van der Waals surface area contributed by atoms with E-state index in [1.54, 1.807) is 0 Å². The summed E-state index contributed by atoms with van der Waals surface area (Å²) in [7, 11) is 0. The highest BCUT2D eigenvalue weighted by molar-refractivity contribution is 5.75. The number of hydrogen-bond acceptors (Lipinski definition) is 3. The lowest BCUT2D eigenvalue weighted by atomic mass is 10.0. The first kappa shape index (κ1) is 9.82. The zero-order valence-corrected chi connectivity index (χ0v) is 7.32. The van der Waals surface area contributed by atoms with Crippen LogP contribution in [0.3, 0.4) is 0 Å². The van der Waals surface area contributed by atoms with Crippen molar-refractivity contribution in [3.8, 4) is 0 Å². The molecule has 1 aromatic rings. The second-order valence-electron chi connectivity index (χ2n) is 3.11. The molecule has 1 aliphatic heterocycles. The molecule has 78 valence electrons. The maximum atomic E-state index is 12.5. The third kappa shape index (κ3) is 1.42. The van der Waals surface area contributed by atoms with E-state index >= 15 is 0 Å². The van der Waals surface area contributed by atoms with E-state index in [4.69, 9.17) is 0 Å². The van der Waals surface area contributed by atoms with E-state index in [9.17, 15) is 18.0 Å². The van der Waals surface area contributed by atoms with E-state index in [1.807, 2.05) is 0 Å². The zero-order valence-electron chi connectivity index (χ0n) is 7.32. The Labute approximate surface area is 82.6 Å². The van der Waals surface area contributed by atoms with Crippen molar-refractivity contribution in [1.82, 2.24) is 0 Å². The van der Waals surface area contributed by atoms with Gasteiger partial charge in [0.15, 0.2) is 0 Å². The minimum atomic E-state index is -4.55. The first-order valence-corrected chi connectivity index (χ1v) is 4.06. The van der Waals surface area contributed by atoms with Crippen molar-refractivity contribution < 1.29 is 18.0 Å². The zero-order chi connectivity index (χ0) is 11.1. The summed E-state index contributed by atoms with van der Waals surface area (Å²) in [6, 6.07) is 5.18. The van der Waals surface area contributed by atoms with Gasteiger partial charge >= 0.3 is 11.8 Å². The molecule has 1 heterocycles. The molecule has 0 N–H and O–H groups in total. The number of nitrogens with zero attached hydrogens (tertiary/aromatic N) is 2. The lowest BCUT2D eigenvalue weighted by molar-refractivity contribution is -0.166. The van der Waals surface area contributed by atoms with Crippen molar-refractivity contribution in [2.45, 2.75) is 11.8 Å². The summed E-state index contributed by atoms with van der Waals surface area (Å²) in [6.45, 7) is 0. The van der Waals surface area contributed by atoms with Gasteiger partial charge in [0.05, 0.1) is 0 Å². The first-order valence-electron chi connectivity index (χ1n) is 4.06. The molecule has 0 radical (unpaired) electrons. The van der Waals surface area contributed by atoms with Crippen LogP contribution in [0, 0.1) is 0 Å². The Kier molecular flexibility index (Phi) is 1.89. The summed E-state index contributed by atoms with van der Waals surface area (Å²) >= 11 is 0. The highest BCUT2D eigenvalue weighted by Crippen LogP contribution is 2.52. The van der Waals surface area contributed by atoms with Gasteiger partial charge in [-0.3, -0.25) is 4.79 Å². The van der Waals surface area contributed by atoms with Crippen LogP contribution < -0.4 is 0 Å². The fraction of sp³-hybridized carbons (Fsp3) is 0.222. The smallest absolute Gasteiger partial charge is 0.298 e. The Balaban J connectivity index is 2.42. The van der Waals surface area contributed by atoms with Gasteiger partial charge in [0.1, 0.15) is 6.29 Å². The van der Waals surface area contributed by atoms with E-state index in [0.29, 0.717) is 6.29 Å². The fourth-order valence-electron chi connectivity index (χ4n) is 1.27. The maximum absolute atomic E-state index is 12.5. The van der Waals surface area contributed by atoms with E-state index in [2.05, 4.69) is 10.2 Å². The highest BCUT2D eigenvalue weighted by Gasteiger charge is 2.65. The molecule has 0 atom stereocenters. The fourth-order valence-corrected chi connectivity index (χ4v) is 1.27. The third-order valence-electron chi connectivity index (χ3n) is 2.12. The van der Waals surface area contributed by atoms with Crippen LogP contribution in [0.1, 0.15) is 15.9 Å². The molecular formula is C9H5F3N2O. The van der Waals surface area contributed by atoms with Gasteiger partial charge in [0.25, 0.3) is 0 Å². The second-order valence-corrected chi connectivity index (χ2v) is 3.11. The molecular weight excluding hydrogens is 209 g/mol. The summed E-state index contributed by atoms with van der Waals surface area (Å²) in [5.74, 6) is 0. The number of aldehydes is 1. The minimum absolute atomic E-state index is 0.125. The maximum Gasteiger partial charge on any atom is 0.442 e. The van der Waals surface area contributed by atoms with Gasteiger partial charge in [-0.25, -0.2) is 0 Å². The van der Waals surface area contributed by atoms with Crippen LogP contribution in [0.15, 0.2) is 34.5 Å². The van der Waals surface area contributed by atoms with Crippen LogP contribution in [0.2, 0.25) is 0 Å². The molecule has 0 fully saturated rings. The average Bonchev–Trinajstić information content (AvgIpc) is 2.97. The van der Waals surface area contributed by atoms with Crippen LogP contribution in [-0.4, -0.2) is 12.5 Å². The predicted octanol–water partition coefficient (Wildman–Crippen LogP) is 2.68. The van der Waals surface area contributed by atoms with Crippen molar-refractivity contribution in [3.05, 3.63) is 35.4 Å². The summed E-state index contributed by atoms with van der Waals surface area (Å²) in [5, 5.41) is 6.07. The predicted molar refractivity (Wildman–Crippen MR) is 44.4 cm³/mol. The quantitative estimate of drug-likeness (QED) is 0.698. The molecule has 2 rings (SSSR count). The van der Waals surface area contributed by atoms with Crippen molar-refractivity contribution >= 4 is 6.29 Å². The molecule has 0 saturated carbocycles. The number of carbonyl (C=O) groups is 1. The normalized spacial score (nSPS) is 17.5. The molecule has 0 unspecified atom stereocenters. The molecule has 15 heavy (non-hydrogen) atoms. The molecule has 0 saturated heterocycles. The van der Waals surface area contributed by atoms with Gasteiger partial charge in [-0.2, -0.15) is 13.2 Å². The van der Waals surface area contributed by atoms with E-state index < -0.39 is 11.8 Å². The number of carbonyl (C=O) groups excluding carboxylic acids is 1. The summed E-state index contributed by atoms with van der Waals surface area (Å²) in [5.41, 5.74) is -2.39. The monoisotopic (exact) mass is 214 g/mol. The van der Waals surface area contributed by atoms with Crippen molar-refractivity contribution in [2.75, 3.05) is 0 Å². The van der Waals surface area contributed by atoms with Crippen LogP contribution in [-0.2, 0) is 5.66 Å². The Morgan fingerprint density at radius 2 is 1.93 bits per heavy atom. The van der Waals surface area contributed by atoms with Crippen molar-refractivity contribution in [2.24, 2.45) is 10.2 Å². The van der Waals surface area contributed by atoms with Crippen molar-refractivity contribution in [3.63, 3.8) is 0 Å². The number of benzene rings is 1. The number of alkyl halides is 3. The van der Waals surface area contributed by atoms with Crippen LogP contribution in [0.5, 0.6) is 0 Å². The van der Waals surface area contributed by atoms with Gasteiger partial charge in [-0.1, -0.05) is 18.2 Å². The standard InChI is InChI=1S/C9H5F3N2O/c10-9(11,12)8(13-14-8)7-3-1-2-6(4-7)5-15/h1-5H. The van der Waals surface area contributed by atoms with Gasteiger partial charge < -0.3 is 0 Å². The van der Waals surface area contributed by atoms with E-state index in [-0.39, 0.29) is 11.1 Å². The number of hydrogen-bond donors (Lipinski definition) is 0. The lowest BCUT2D eigenvalue weighted by Gasteiger charge is -2.14. The summed E-state index contributed by atoms with van der Waals surface area (Å²) in [4.78, 5) is 10.4. The van der Waals surface area contributed by atoms with Gasteiger partial charge in [-0.15, -0.1) is 10.2 Å². The summed E-state index contributed by atoms with van der Waals surface area (Å²) < 4.78 is 37.6. The Hall–Kier alpha value is -1.72. The van der Waals surface area contributed by atoms with E-state index in [1.165, 1.54) is 18.2 Å². The Bertz CT molecular complexity index is 433. The molecule has 1 aromatic carbocycles. The SMILES string of the molecule is O=Cc1cccc(C2(C(F)(F)F)N=N2)c1. The van der Waals surface area contributed by atoms with Gasteiger partial charge in [-0.05, 0) is 6.07 Å². The minimum Gasteiger partial charge on any atom is -0.298 e. The van der Waals surface area contributed by atoms with Crippen LogP contribution in [0.25, 0.3) is 0 Å². The highest BCUT2D eigenvalue weighted by atomic mass is 19.4. The van der Waals surface area contributed by atoms with Crippen LogP contribution >= 0.6 is 0 Å². The number of halogens is 3. The topological polar surface area (TPSA) is 41.8 Å². The largest absolute Gasteiger partial charge is 0.442 e. The molecule has 0 aliphatic carbocycles. The Morgan fingerprint density at radius 3 is 2.40 bits per heavy atom. The Morgan fingerprint density at radius 1 is 1.27 bits per heavy atom. The molecule has 0 bridgehead atoms.